The molecule has 0 aliphatic rings. The van der Waals surface area contributed by atoms with Crippen LogP contribution in [0.4, 0.5) is 0 Å². The molecule has 6 heteroatoms. The Labute approximate surface area is 440 Å². The quantitative estimate of drug-likeness (QED) is 0.0348. The fraction of sp³-hybridized carbons (Fsp3) is 0.613. The van der Waals surface area contributed by atoms with E-state index in [0.717, 1.165) is 0 Å². The summed E-state index contributed by atoms with van der Waals surface area (Å²) in [5, 5.41) is 0. The second-order valence-corrected chi connectivity index (χ2v) is 26.8. The maximum Gasteiger partial charge on any atom is 0.0481 e. The standard InChI is InChI=1S/C62H90S6/c1-9-15-21-27-33-47-40-53(64-46(47)8)59-49(35-29-23-17-11-3)42-55(66-59)61-51(37-31-25-19-13-5)44-57(68-61)62-52(38-32-26-20-14-6)43-56(67-62)60-50(36-30-24-18-12-4)41-54(65-60)58-48(39-45(7)63-58)34-28-22-16-10-2/h39-44H,9-38H2,1-8H3. The van der Waals surface area contributed by atoms with Crippen LogP contribution in [0.1, 0.15) is 239 Å². The molecule has 0 saturated heterocycles. The lowest BCUT2D eigenvalue weighted by atomic mass is 10.0. The highest BCUT2D eigenvalue weighted by Crippen LogP contribution is 2.52. The third-order valence-corrected chi connectivity index (χ3v) is 21.9. The minimum Gasteiger partial charge on any atom is -0.139 e. The molecule has 0 fully saturated rings. The van der Waals surface area contributed by atoms with E-state index < -0.39 is 0 Å². The highest BCUT2D eigenvalue weighted by atomic mass is 32.1. The SMILES string of the molecule is CCCCCCc1cc(-c2sc(-c3sc(-c4sc(-c5sc(-c6sc(C)cc6CCCCCC)cc5CCCCCC)cc4CCCCCC)cc3CCCCCC)cc2CCCCCC)sc1C. The van der Waals surface area contributed by atoms with Crippen molar-refractivity contribution in [2.45, 2.75) is 248 Å². The Morgan fingerprint density at radius 2 is 0.485 bits per heavy atom. The van der Waals surface area contributed by atoms with Crippen LogP contribution in [0.3, 0.4) is 0 Å². The molecule has 68 heavy (non-hydrogen) atoms. The van der Waals surface area contributed by atoms with E-state index in [0.29, 0.717) is 0 Å². The van der Waals surface area contributed by atoms with E-state index in [2.05, 4.69) is 148 Å². The summed E-state index contributed by atoms with van der Waals surface area (Å²) in [5.74, 6) is 0. The molecule has 0 nitrogen and oxygen atoms in total. The van der Waals surface area contributed by atoms with Crippen LogP contribution >= 0.6 is 68.0 Å². The molecule has 6 heterocycles. The summed E-state index contributed by atoms with van der Waals surface area (Å²) in [6.07, 6.45) is 38.8. The smallest absolute Gasteiger partial charge is 0.0481 e. The van der Waals surface area contributed by atoms with Crippen molar-refractivity contribution >= 4 is 68.0 Å². The summed E-state index contributed by atoms with van der Waals surface area (Å²) in [6.45, 7) is 18.8. The number of hydrogen-bond donors (Lipinski definition) is 0. The van der Waals surface area contributed by atoms with E-state index >= 15 is 0 Å². The molecule has 374 valence electrons. The number of aryl methyl sites for hydroxylation is 8. The third kappa shape index (κ3) is 16.1. The van der Waals surface area contributed by atoms with Gasteiger partial charge < -0.3 is 0 Å². The lowest BCUT2D eigenvalue weighted by molar-refractivity contribution is 0.666. The van der Waals surface area contributed by atoms with Crippen LogP contribution in [0.5, 0.6) is 0 Å². The molecule has 0 radical (unpaired) electrons. The van der Waals surface area contributed by atoms with Gasteiger partial charge in [-0.3, -0.25) is 0 Å². The minimum absolute atomic E-state index is 1.19. The van der Waals surface area contributed by atoms with Crippen molar-refractivity contribution in [1.82, 2.24) is 0 Å². The molecule has 0 amide bonds. The normalized spacial score (nSPS) is 11.8. The van der Waals surface area contributed by atoms with Gasteiger partial charge in [-0.1, -0.05) is 157 Å². The lowest BCUT2D eigenvalue weighted by Gasteiger charge is -2.02. The molecule has 0 aromatic carbocycles. The summed E-state index contributed by atoms with van der Waals surface area (Å²) < 4.78 is 0. The fourth-order valence-corrected chi connectivity index (χ4v) is 17.7. The summed E-state index contributed by atoms with van der Waals surface area (Å²) in [7, 11) is 0. The monoisotopic (exact) mass is 1030 g/mol. The zero-order valence-corrected chi connectivity index (χ0v) is 49.0. The predicted molar refractivity (Wildman–Crippen MR) is 317 cm³/mol. The molecular formula is C62H90S6. The van der Waals surface area contributed by atoms with Crippen LogP contribution in [0.2, 0.25) is 0 Å². The van der Waals surface area contributed by atoms with E-state index in [1.165, 1.54) is 227 Å². The molecular weight excluding hydrogens is 937 g/mol. The Morgan fingerprint density at radius 1 is 0.250 bits per heavy atom. The van der Waals surface area contributed by atoms with Gasteiger partial charge in [-0.15, -0.1) is 68.0 Å². The molecule has 0 unspecified atom stereocenters. The average Bonchev–Trinajstić information content (AvgIpc) is 4.21. The van der Waals surface area contributed by atoms with Gasteiger partial charge >= 0.3 is 0 Å². The van der Waals surface area contributed by atoms with Gasteiger partial charge in [-0.05, 0) is 161 Å². The number of unbranched alkanes of at least 4 members (excludes halogenated alkanes) is 18. The Kier molecular flexibility index (Phi) is 24.7. The van der Waals surface area contributed by atoms with Gasteiger partial charge in [0.05, 0.1) is 0 Å². The van der Waals surface area contributed by atoms with Crippen molar-refractivity contribution in [2.75, 3.05) is 0 Å². The summed E-state index contributed by atoms with van der Waals surface area (Å²) in [4.78, 5) is 18.4. The molecule has 0 bridgehead atoms. The van der Waals surface area contributed by atoms with Gasteiger partial charge in [-0.2, -0.15) is 0 Å². The van der Waals surface area contributed by atoms with Crippen LogP contribution in [0.15, 0.2) is 36.4 Å². The van der Waals surface area contributed by atoms with Crippen molar-refractivity contribution in [3.63, 3.8) is 0 Å². The predicted octanol–water partition coefficient (Wildman–Crippen LogP) is 23.7. The van der Waals surface area contributed by atoms with Crippen LogP contribution in [-0.4, -0.2) is 0 Å². The van der Waals surface area contributed by atoms with Gasteiger partial charge in [-0.25, -0.2) is 0 Å². The summed E-state index contributed by atoms with van der Waals surface area (Å²) in [5.41, 5.74) is 9.60. The zero-order valence-electron chi connectivity index (χ0n) is 44.1. The van der Waals surface area contributed by atoms with E-state index in [-0.39, 0.29) is 0 Å². The average molecular weight is 1030 g/mol. The Balaban J connectivity index is 1.43. The second-order valence-electron chi connectivity index (χ2n) is 20.1. The van der Waals surface area contributed by atoms with Crippen molar-refractivity contribution in [2.24, 2.45) is 0 Å². The van der Waals surface area contributed by atoms with Crippen molar-refractivity contribution in [3.05, 3.63) is 79.5 Å². The van der Waals surface area contributed by atoms with E-state index in [9.17, 15) is 0 Å². The van der Waals surface area contributed by atoms with Crippen LogP contribution in [-0.2, 0) is 38.5 Å². The highest BCUT2D eigenvalue weighted by Gasteiger charge is 2.24. The first kappa shape index (κ1) is 55.5. The molecule has 6 aromatic rings. The zero-order chi connectivity index (χ0) is 48.1. The van der Waals surface area contributed by atoms with Gasteiger partial charge in [0.15, 0.2) is 0 Å². The van der Waals surface area contributed by atoms with E-state index in [4.69, 9.17) is 0 Å². The summed E-state index contributed by atoms with van der Waals surface area (Å²) in [6, 6.07) is 15.8. The van der Waals surface area contributed by atoms with Gasteiger partial charge in [0.2, 0.25) is 0 Å². The molecule has 0 N–H and O–H groups in total. The molecule has 0 spiro atoms. The minimum atomic E-state index is 1.19. The van der Waals surface area contributed by atoms with E-state index in [1.807, 2.05) is 11.3 Å². The number of hydrogen-bond acceptors (Lipinski definition) is 6. The number of rotatable bonds is 35. The fourth-order valence-electron chi connectivity index (χ4n) is 10.0. The van der Waals surface area contributed by atoms with Gasteiger partial charge in [0.25, 0.3) is 0 Å². The lowest BCUT2D eigenvalue weighted by Crippen LogP contribution is -1.87. The van der Waals surface area contributed by atoms with Crippen molar-refractivity contribution in [1.29, 1.82) is 0 Å². The van der Waals surface area contributed by atoms with E-state index in [1.54, 1.807) is 57.8 Å². The van der Waals surface area contributed by atoms with Crippen molar-refractivity contribution < 1.29 is 0 Å². The first-order chi connectivity index (χ1) is 33.3. The molecule has 0 aliphatic heterocycles. The second kappa shape index (κ2) is 30.3. The largest absolute Gasteiger partial charge is 0.139 e. The maximum absolute atomic E-state index is 2.69. The maximum atomic E-state index is 2.69. The molecule has 0 saturated carbocycles. The molecule has 0 atom stereocenters. The Hall–Kier alpha value is -1.80. The Bertz CT molecular complexity index is 2330. The molecule has 6 rings (SSSR count). The van der Waals surface area contributed by atoms with Gasteiger partial charge in [0, 0.05) is 58.5 Å². The third-order valence-electron chi connectivity index (χ3n) is 14.1. The van der Waals surface area contributed by atoms with Gasteiger partial charge in [0.1, 0.15) is 0 Å². The summed E-state index contributed by atoms with van der Waals surface area (Å²) >= 11 is 12.6. The van der Waals surface area contributed by atoms with Crippen molar-refractivity contribution in [3.8, 4) is 48.8 Å². The molecule has 6 aromatic heterocycles. The number of thiophene rings is 6. The van der Waals surface area contributed by atoms with Crippen LogP contribution in [0, 0.1) is 13.8 Å². The highest BCUT2D eigenvalue weighted by molar-refractivity contribution is 7.30. The topological polar surface area (TPSA) is 0 Å². The van der Waals surface area contributed by atoms with Crippen LogP contribution < -0.4 is 0 Å². The molecule has 0 aliphatic carbocycles. The first-order valence-electron chi connectivity index (χ1n) is 28.0. The first-order valence-corrected chi connectivity index (χ1v) is 32.9. The van der Waals surface area contributed by atoms with Crippen LogP contribution in [0.25, 0.3) is 48.8 Å². The Morgan fingerprint density at radius 3 is 0.779 bits per heavy atom.